The third-order valence-electron chi connectivity index (χ3n) is 3.27. The molecule has 1 aliphatic rings. The molecule has 3 rings (SSSR count). The molecule has 8 heteroatoms. The van der Waals surface area contributed by atoms with Crippen LogP contribution in [-0.2, 0) is 0 Å². The van der Waals surface area contributed by atoms with E-state index in [-0.39, 0.29) is 17.2 Å². The van der Waals surface area contributed by atoms with Crippen molar-refractivity contribution in [2.45, 2.75) is 12.8 Å². The summed E-state index contributed by atoms with van der Waals surface area (Å²) in [6.07, 6.45) is 2.28. The summed E-state index contributed by atoms with van der Waals surface area (Å²) in [5.41, 5.74) is 5.66. The molecule has 0 saturated carbocycles. The van der Waals surface area contributed by atoms with Crippen LogP contribution >= 0.6 is 31.9 Å². The molecule has 24 heavy (non-hydrogen) atoms. The van der Waals surface area contributed by atoms with Gasteiger partial charge in [-0.1, -0.05) is 17.4 Å². The van der Waals surface area contributed by atoms with Crippen LogP contribution in [0, 0.1) is 11.6 Å². The van der Waals surface area contributed by atoms with Crippen LogP contribution in [0.15, 0.2) is 55.7 Å². The van der Waals surface area contributed by atoms with Crippen molar-refractivity contribution in [2.75, 3.05) is 18.8 Å². The molecular weight excluding hydrogens is 446 g/mol. The lowest BCUT2D eigenvalue weighted by Crippen LogP contribution is -2.09. The van der Waals surface area contributed by atoms with Crippen molar-refractivity contribution in [3.05, 3.63) is 57.0 Å². The quantitative estimate of drug-likeness (QED) is 0.450. The third-order valence-corrected chi connectivity index (χ3v) is 4.50. The minimum absolute atomic E-state index is 0.171. The predicted octanol–water partition coefficient (Wildman–Crippen LogP) is 5.85. The van der Waals surface area contributed by atoms with Crippen molar-refractivity contribution in [3.8, 4) is 0 Å². The van der Waals surface area contributed by atoms with E-state index in [1.807, 2.05) is 5.01 Å². The highest BCUT2D eigenvalue weighted by Gasteiger charge is 2.09. The first kappa shape index (κ1) is 18.8. The molecule has 0 aromatic heterocycles. The summed E-state index contributed by atoms with van der Waals surface area (Å²) in [5.74, 6) is -0.752. The Kier molecular flexibility index (Phi) is 7.11. The number of halogens is 4. The number of hydrogen-bond donors (Lipinski definition) is 1. The molecule has 1 saturated heterocycles. The summed E-state index contributed by atoms with van der Waals surface area (Å²) in [4.78, 5) is 0. The Labute approximate surface area is 156 Å². The van der Waals surface area contributed by atoms with E-state index < -0.39 is 5.82 Å². The van der Waals surface area contributed by atoms with E-state index in [9.17, 15) is 8.78 Å². The first-order chi connectivity index (χ1) is 11.5. The highest BCUT2D eigenvalue weighted by atomic mass is 79.9. The maximum Gasteiger partial charge on any atom is 0.164 e. The van der Waals surface area contributed by atoms with Gasteiger partial charge in [0.1, 0.15) is 5.69 Å². The minimum atomic E-state index is -0.391. The maximum absolute atomic E-state index is 13.5. The summed E-state index contributed by atoms with van der Waals surface area (Å²) in [6, 6.07) is 9.80. The number of nitrogens with zero attached hydrogens (tertiary/aromatic N) is 3. The molecule has 2 N–H and O–H groups in total. The molecule has 0 aliphatic carbocycles. The molecule has 4 nitrogen and oxygen atoms in total. The van der Waals surface area contributed by atoms with Crippen molar-refractivity contribution in [2.24, 2.45) is 10.3 Å². The van der Waals surface area contributed by atoms with Crippen LogP contribution in [0.4, 0.5) is 20.2 Å². The fourth-order valence-electron chi connectivity index (χ4n) is 1.99. The average molecular weight is 462 g/mol. The number of nitrogen functional groups attached to an aromatic ring is 1. The zero-order chi connectivity index (χ0) is 17.5. The number of benzene rings is 2. The van der Waals surface area contributed by atoms with Crippen LogP contribution in [0.2, 0.25) is 0 Å². The molecule has 0 unspecified atom stereocenters. The SMILES string of the molecule is Fc1c(Br)cccc1N=NN1CCCC1.Nc1cccc(Br)c1F. The van der Waals surface area contributed by atoms with Gasteiger partial charge in [0.05, 0.1) is 14.6 Å². The van der Waals surface area contributed by atoms with E-state index in [1.165, 1.54) is 6.07 Å². The van der Waals surface area contributed by atoms with E-state index in [1.54, 1.807) is 30.3 Å². The van der Waals surface area contributed by atoms with Gasteiger partial charge < -0.3 is 5.73 Å². The van der Waals surface area contributed by atoms with Crippen molar-refractivity contribution in [3.63, 3.8) is 0 Å². The summed E-state index contributed by atoms with van der Waals surface area (Å²) in [6.45, 7) is 1.83. The molecule has 0 bridgehead atoms. The van der Waals surface area contributed by atoms with Crippen LogP contribution in [0.25, 0.3) is 0 Å². The predicted molar refractivity (Wildman–Crippen MR) is 97.9 cm³/mol. The normalized spacial score (nSPS) is 13.9. The molecule has 1 aliphatic heterocycles. The van der Waals surface area contributed by atoms with Crippen molar-refractivity contribution >= 4 is 43.2 Å². The molecule has 0 amide bonds. The second-order valence-corrected chi connectivity index (χ2v) is 6.77. The standard InChI is InChI=1S/C10H11BrFN3.C6H5BrFN/c11-8-4-3-5-9(10(8)12)13-14-15-6-1-2-7-15;7-4-2-1-3-5(9)6(4)8/h3-5H,1-2,6-7H2;1-3H,9H2. The Morgan fingerprint density at radius 1 is 0.917 bits per heavy atom. The van der Waals surface area contributed by atoms with E-state index in [4.69, 9.17) is 5.73 Å². The van der Waals surface area contributed by atoms with E-state index in [0.717, 1.165) is 25.9 Å². The van der Waals surface area contributed by atoms with Crippen LogP contribution in [0.1, 0.15) is 12.8 Å². The monoisotopic (exact) mass is 460 g/mol. The highest BCUT2D eigenvalue weighted by Crippen LogP contribution is 2.25. The van der Waals surface area contributed by atoms with Gasteiger partial charge in [0, 0.05) is 13.1 Å². The van der Waals surface area contributed by atoms with Gasteiger partial charge in [0.15, 0.2) is 11.6 Å². The Balaban J connectivity index is 0.000000198. The lowest BCUT2D eigenvalue weighted by molar-refractivity contribution is 0.336. The van der Waals surface area contributed by atoms with Crippen molar-refractivity contribution < 1.29 is 8.78 Å². The third kappa shape index (κ3) is 5.24. The fourth-order valence-corrected chi connectivity index (χ4v) is 2.73. The van der Waals surface area contributed by atoms with Gasteiger partial charge in [-0.2, -0.15) is 0 Å². The second-order valence-electron chi connectivity index (χ2n) is 5.07. The summed E-state index contributed by atoms with van der Waals surface area (Å²) < 4.78 is 26.8. The van der Waals surface area contributed by atoms with Gasteiger partial charge in [-0.15, -0.1) is 5.11 Å². The van der Waals surface area contributed by atoms with Gasteiger partial charge in [-0.3, -0.25) is 5.01 Å². The van der Waals surface area contributed by atoms with Gasteiger partial charge in [-0.25, -0.2) is 8.78 Å². The zero-order valence-electron chi connectivity index (χ0n) is 12.7. The molecule has 1 fully saturated rings. The van der Waals surface area contributed by atoms with Crippen LogP contribution in [-0.4, -0.2) is 18.1 Å². The van der Waals surface area contributed by atoms with Crippen molar-refractivity contribution in [1.82, 2.24) is 5.01 Å². The van der Waals surface area contributed by atoms with E-state index >= 15 is 0 Å². The number of nitrogens with two attached hydrogens (primary N) is 1. The Morgan fingerprint density at radius 2 is 1.50 bits per heavy atom. The lowest BCUT2D eigenvalue weighted by Gasteiger charge is -2.06. The Hall–Kier alpha value is -1.54. The molecule has 1 heterocycles. The van der Waals surface area contributed by atoms with E-state index in [2.05, 4.69) is 42.2 Å². The fraction of sp³-hybridized carbons (Fsp3) is 0.250. The summed E-state index contributed by atoms with van der Waals surface area (Å²) in [7, 11) is 0. The van der Waals surface area contributed by atoms with Crippen molar-refractivity contribution in [1.29, 1.82) is 0 Å². The van der Waals surface area contributed by atoms with Gasteiger partial charge >= 0.3 is 0 Å². The minimum Gasteiger partial charge on any atom is -0.396 e. The van der Waals surface area contributed by atoms with Gasteiger partial charge in [-0.05, 0) is 69.0 Å². The summed E-state index contributed by atoms with van der Waals surface area (Å²) in [5, 5.41) is 9.75. The smallest absolute Gasteiger partial charge is 0.164 e. The molecule has 2 aromatic carbocycles. The van der Waals surface area contributed by atoms with Crippen LogP contribution in [0.3, 0.4) is 0 Å². The van der Waals surface area contributed by atoms with Gasteiger partial charge in [0.2, 0.25) is 0 Å². The van der Waals surface area contributed by atoms with Gasteiger partial charge in [0.25, 0.3) is 0 Å². The first-order valence-electron chi connectivity index (χ1n) is 7.29. The molecule has 0 spiro atoms. The number of rotatable bonds is 2. The second kappa shape index (κ2) is 9.08. The number of hydrogen-bond acceptors (Lipinski definition) is 3. The average Bonchev–Trinajstić information content (AvgIpc) is 3.08. The maximum atomic E-state index is 13.5. The molecule has 128 valence electrons. The van der Waals surface area contributed by atoms with Crippen LogP contribution in [0.5, 0.6) is 0 Å². The zero-order valence-corrected chi connectivity index (χ0v) is 15.9. The molecule has 0 radical (unpaired) electrons. The van der Waals surface area contributed by atoms with E-state index in [0.29, 0.717) is 8.95 Å². The molecular formula is C16H16Br2F2N4. The number of anilines is 1. The molecule has 0 atom stereocenters. The summed E-state index contributed by atoms with van der Waals surface area (Å²) >= 11 is 6.10. The highest BCUT2D eigenvalue weighted by molar-refractivity contribution is 9.10. The first-order valence-corrected chi connectivity index (χ1v) is 8.87. The van der Waals surface area contributed by atoms with Crippen LogP contribution < -0.4 is 5.73 Å². The Morgan fingerprint density at radius 3 is 2.08 bits per heavy atom. The Bertz CT molecular complexity index is 699. The molecule has 2 aromatic rings. The topological polar surface area (TPSA) is 54.0 Å². The largest absolute Gasteiger partial charge is 0.396 e. The lowest BCUT2D eigenvalue weighted by atomic mass is 10.3.